The molecule has 3 N–H and O–H groups in total. The van der Waals surface area contributed by atoms with Crippen molar-refractivity contribution in [2.75, 3.05) is 18.4 Å². The van der Waals surface area contributed by atoms with Gasteiger partial charge in [0.2, 0.25) is 5.91 Å². The Bertz CT molecular complexity index is 562. The van der Waals surface area contributed by atoms with Gasteiger partial charge < -0.3 is 16.0 Å². The second kappa shape index (κ2) is 5.68. The predicted molar refractivity (Wildman–Crippen MR) is 68.9 cm³/mol. The van der Waals surface area contributed by atoms with Gasteiger partial charge in [-0.15, -0.1) is 0 Å². The molecule has 6 nitrogen and oxygen atoms in total. The van der Waals surface area contributed by atoms with Crippen LogP contribution in [-0.4, -0.2) is 35.7 Å². The summed E-state index contributed by atoms with van der Waals surface area (Å²) in [6, 6.07) is 5.56. The van der Waals surface area contributed by atoms with Crippen molar-refractivity contribution >= 4 is 23.4 Å². The molecule has 2 rings (SSSR count). The number of likely N-dealkylation sites (tertiary alicyclic amines) is 1. The van der Waals surface area contributed by atoms with Gasteiger partial charge in [0.15, 0.2) is 0 Å². The summed E-state index contributed by atoms with van der Waals surface area (Å²) >= 11 is 0. The molecule has 7 heteroatoms. The number of benzene rings is 1. The standard InChI is InChI=1S/C13H14FN3O3/c14-9-3-1-2-4-10(9)16-12(19)13(20)17-6-5-8(7-17)11(15)18/h1-4,8H,5-7H2,(H2,15,18)(H,16,19). The third-order valence-corrected chi connectivity index (χ3v) is 3.19. The lowest BCUT2D eigenvalue weighted by atomic mass is 10.1. The number of carbonyl (C=O) groups is 3. The fraction of sp³-hybridized carbons (Fsp3) is 0.308. The lowest BCUT2D eigenvalue weighted by Gasteiger charge is -2.15. The molecular formula is C13H14FN3O3. The van der Waals surface area contributed by atoms with Gasteiger partial charge >= 0.3 is 11.8 Å². The zero-order valence-corrected chi connectivity index (χ0v) is 10.6. The molecule has 0 saturated carbocycles. The van der Waals surface area contributed by atoms with Crippen molar-refractivity contribution in [2.45, 2.75) is 6.42 Å². The Hall–Kier alpha value is -2.44. The highest BCUT2D eigenvalue weighted by molar-refractivity contribution is 6.39. The Morgan fingerprint density at radius 2 is 2.00 bits per heavy atom. The van der Waals surface area contributed by atoms with E-state index >= 15 is 0 Å². The number of hydrogen-bond acceptors (Lipinski definition) is 3. The van der Waals surface area contributed by atoms with E-state index in [4.69, 9.17) is 5.73 Å². The van der Waals surface area contributed by atoms with Gasteiger partial charge in [-0.2, -0.15) is 0 Å². The molecule has 1 atom stereocenters. The van der Waals surface area contributed by atoms with Crippen LogP contribution in [0.15, 0.2) is 24.3 Å². The number of rotatable bonds is 2. The molecule has 1 aromatic rings. The first-order chi connectivity index (χ1) is 9.49. The third-order valence-electron chi connectivity index (χ3n) is 3.19. The monoisotopic (exact) mass is 279 g/mol. The largest absolute Gasteiger partial charge is 0.369 e. The SMILES string of the molecule is NC(=O)C1CCN(C(=O)C(=O)Nc2ccccc2F)C1. The molecule has 0 spiro atoms. The lowest BCUT2D eigenvalue weighted by Crippen LogP contribution is -2.39. The molecule has 1 aliphatic rings. The molecule has 1 aliphatic heterocycles. The molecule has 0 aromatic heterocycles. The van der Waals surface area contributed by atoms with Crippen LogP contribution >= 0.6 is 0 Å². The van der Waals surface area contributed by atoms with Gasteiger partial charge in [0.05, 0.1) is 11.6 Å². The number of carbonyl (C=O) groups excluding carboxylic acids is 3. The zero-order chi connectivity index (χ0) is 14.7. The van der Waals surface area contributed by atoms with E-state index < -0.39 is 29.5 Å². The topological polar surface area (TPSA) is 92.5 Å². The maximum Gasteiger partial charge on any atom is 0.313 e. The molecule has 1 fully saturated rings. The van der Waals surface area contributed by atoms with E-state index in [9.17, 15) is 18.8 Å². The summed E-state index contributed by atoms with van der Waals surface area (Å²) < 4.78 is 13.4. The number of primary amides is 1. The number of para-hydroxylation sites is 1. The van der Waals surface area contributed by atoms with Crippen LogP contribution in [0.2, 0.25) is 0 Å². The van der Waals surface area contributed by atoms with Crippen molar-refractivity contribution in [3.8, 4) is 0 Å². The van der Waals surface area contributed by atoms with E-state index in [0.29, 0.717) is 6.42 Å². The maximum atomic E-state index is 13.4. The average molecular weight is 279 g/mol. The Balaban J connectivity index is 1.98. The Kier molecular flexibility index (Phi) is 3.97. The number of anilines is 1. The van der Waals surface area contributed by atoms with Gasteiger partial charge in [0.1, 0.15) is 5.82 Å². The number of halogens is 1. The van der Waals surface area contributed by atoms with E-state index in [1.807, 2.05) is 0 Å². The van der Waals surface area contributed by atoms with Crippen LogP contribution in [0.25, 0.3) is 0 Å². The number of nitrogens with zero attached hydrogens (tertiary/aromatic N) is 1. The predicted octanol–water partition coefficient (Wildman–Crippen LogP) is 0.0980. The smallest absolute Gasteiger partial charge is 0.313 e. The molecule has 1 saturated heterocycles. The minimum atomic E-state index is -0.930. The van der Waals surface area contributed by atoms with E-state index in [0.717, 1.165) is 0 Å². The van der Waals surface area contributed by atoms with E-state index in [2.05, 4.69) is 5.32 Å². The highest BCUT2D eigenvalue weighted by Crippen LogP contribution is 2.17. The van der Waals surface area contributed by atoms with Crippen molar-refractivity contribution in [1.82, 2.24) is 4.90 Å². The summed E-state index contributed by atoms with van der Waals surface area (Å²) in [5.74, 6) is -3.27. The number of hydrogen-bond donors (Lipinski definition) is 2. The van der Waals surface area contributed by atoms with Crippen LogP contribution in [0.1, 0.15) is 6.42 Å². The summed E-state index contributed by atoms with van der Waals surface area (Å²) in [6.07, 6.45) is 0.439. The van der Waals surface area contributed by atoms with Crippen LogP contribution in [-0.2, 0) is 14.4 Å². The molecule has 1 aromatic carbocycles. The summed E-state index contributed by atoms with van der Waals surface area (Å²) in [5, 5.41) is 2.21. The van der Waals surface area contributed by atoms with Gasteiger partial charge in [-0.3, -0.25) is 14.4 Å². The normalized spacial score (nSPS) is 17.9. The van der Waals surface area contributed by atoms with Crippen molar-refractivity contribution in [1.29, 1.82) is 0 Å². The molecule has 0 bridgehead atoms. The van der Waals surface area contributed by atoms with Gasteiger partial charge in [-0.25, -0.2) is 4.39 Å². The highest BCUT2D eigenvalue weighted by atomic mass is 19.1. The van der Waals surface area contributed by atoms with Gasteiger partial charge in [-0.05, 0) is 18.6 Å². The molecule has 0 radical (unpaired) electrons. The zero-order valence-electron chi connectivity index (χ0n) is 10.6. The van der Waals surface area contributed by atoms with Crippen LogP contribution in [0.4, 0.5) is 10.1 Å². The molecular weight excluding hydrogens is 265 g/mol. The minimum Gasteiger partial charge on any atom is -0.369 e. The van der Waals surface area contributed by atoms with Crippen LogP contribution < -0.4 is 11.1 Å². The number of nitrogens with one attached hydrogen (secondary N) is 1. The summed E-state index contributed by atoms with van der Waals surface area (Å²) in [6.45, 7) is 0.413. The van der Waals surface area contributed by atoms with Crippen molar-refractivity contribution in [3.05, 3.63) is 30.1 Å². The van der Waals surface area contributed by atoms with Crippen molar-refractivity contribution < 1.29 is 18.8 Å². The molecule has 106 valence electrons. The van der Waals surface area contributed by atoms with Crippen molar-refractivity contribution in [2.24, 2.45) is 11.7 Å². The molecule has 1 heterocycles. The maximum absolute atomic E-state index is 13.4. The number of amides is 3. The van der Waals surface area contributed by atoms with Gasteiger partial charge in [-0.1, -0.05) is 12.1 Å². The molecule has 1 unspecified atom stereocenters. The second-order valence-corrected chi connectivity index (χ2v) is 4.57. The second-order valence-electron chi connectivity index (χ2n) is 4.57. The number of nitrogens with two attached hydrogens (primary N) is 1. The molecule has 20 heavy (non-hydrogen) atoms. The molecule has 0 aliphatic carbocycles. The average Bonchev–Trinajstić information content (AvgIpc) is 2.90. The van der Waals surface area contributed by atoms with Crippen molar-refractivity contribution in [3.63, 3.8) is 0 Å². The molecule has 3 amide bonds. The first kappa shape index (κ1) is 14.0. The highest BCUT2D eigenvalue weighted by Gasteiger charge is 2.32. The van der Waals surface area contributed by atoms with Crippen LogP contribution in [0.3, 0.4) is 0 Å². The fourth-order valence-corrected chi connectivity index (χ4v) is 2.06. The van der Waals surface area contributed by atoms with Crippen LogP contribution in [0.5, 0.6) is 0 Å². The Morgan fingerprint density at radius 1 is 1.30 bits per heavy atom. The lowest BCUT2D eigenvalue weighted by molar-refractivity contribution is -0.142. The Morgan fingerprint density at radius 3 is 2.60 bits per heavy atom. The minimum absolute atomic E-state index is 0.0588. The summed E-state index contributed by atoms with van der Waals surface area (Å²) in [5.41, 5.74) is 5.09. The third kappa shape index (κ3) is 2.93. The van der Waals surface area contributed by atoms with Gasteiger partial charge in [0.25, 0.3) is 0 Å². The van der Waals surface area contributed by atoms with E-state index in [1.54, 1.807) is 6.07 Å². The summed E-state index contributed by atoms with van der Waals surface area (Å²) in [4.78, 5) is 35.9. The van der Waals surface area contributed by atoms with Crippen LogP contribution in [0, 0.1) is 11.7 Å². The fourth-order valence-electron chi connectivity index (χ4n) is 2.06. The van der Waals surface area contributed by atoms with E-state index in [1.165, 1.54) is 23.1 Å². The summed E-state index contributed by atoms with van der Waals surface area (Å²) in [7, 11) is 0. The van der Waals surface area contributed by atoms with Gasteiger partial charge in [0, 0.05) is 13.1 Å². The Labute approximate surface area is 114 Å². The van der Waals surface area contributed by atoms with E-state index in [-0.39, 0.29) is 18.8 Å². The quantitative estimate of drug-likeness (QED) is 0.752. The first-order valence-corrected chi connectivity index (χ1v) is 6.13. The first-order valence-electron chi connectivity index (χ1n) is 6.13.